The first-order valence-electron chi connectivity index (χ1n) is 9.03. The highest BCUT2D eigenvalue weighted by atomic mass is 16.4. The van der Waals surface area contributed by atoms with E-state index in [1.54, 1.807) is 6.07 Å². The number of fused-ring (bicyclic) bond motifs is 8. The smallest absolute Gasteiger partial charge is 0.423 e. The Bertz CT molecular complexity index is 1160. The van der Waals surface area contributed by atoms with Crippen LogP contribution in [0, 0.1) is 0 Å². The minimum absolute atomic E-state index is 0.495. The number of hydrogen-bond donors (Lipinski definition) is 2. The van der Waals surface area contributed by atoms with Gasteiger partial charge in [0.05, 0.1) is 0 Å². The van der Waals surface area contributed by atoms with Gasteiger partial charge in [-0.05, 0) is 50.0 Å². The molecule has 27 heavy (non-hydrogen) atoms. The molecule has 128 valence electrons. The van der Waals surface area contributed by atoms with Gasteiger partial charge in [0.1, 0.15) is 0 Å². The molecule has 0 radical (unpaired) electrons. The minimum Gasteiger partial charge on any atom is -0.423 e. The summed E-state index contributed by atoms with van der Waals surface area (Å²) in [6, 6.07) is 30.8. The van der Waals surface area contributed by atoms with Gasteiger partial charge >= 0.3 is 7.12 Å². The van der Waals surface area contributed by atoms with E-state index in [1.165, 1.54) is 16.7 Å². The van der Waals surface area contributed by atoms with Gasteiger partial charge in [-0.3, -0.25) is 0 Å². The van der Waals surface area contributed by atoms with Crippen molar-refractivity contribution >= 4 is 12.6 Å². The second kappa shape index (κ2) is 6.24. The van der Waals surface area contributed by atoms with Crippen LogP contribution in [0.25, 0.3) is 44.5 Å². The molecule has 4 aromatic carbocycles. The molecule has 0 bridgehead atoms. The Balaban J connectivity index is 1.96. The summed E-state index contributed by atoms with van der Waals surface area (Å²) in [5.41, 5.74) is 9.56. The van der Waals surface area contributed by atoms with E-state index in [4.69, 9.17) is 0 Å². The molecule has 1 aliphatic rings. The maximum atomic E-state index is 9.71. The topological polar surface area (TPSA) is 40.5 Å². The molecule has 0 spiro atoms. The number of hydrogen-bond acceptors (Lipinski definition) is 2. The molecule has 0 saturated carbocycles. The van der Waals surface area contributed by atoms with Crippen LogP contribution in [0.4, 0.5) is 0 Å². The average Bonchev–Trinajstić information content (AvgIpc) is 2.72. The van der Waals surface area contributed by atoms with Crippen LogP contribution in [0.3, 0.4) is 0 Å². The first-order chi connectivity index (χ1) is 13.2. The molecule has 0 heterocycles. The largest absolute Gasteiger partial charge is 0.488 e. The highest BCUT2D eigenvalue weighted by molar-refractivity contribution is 6.58. The van der Waals surface area contributed by atoms with Gasteiger partial charge in [-0.2, -0.15) is 0 Å². The molecule has 4 aromatic rings. The molecule has 1 aliphatic carbocycles. The standard InChI is InChI=1S/C24H17BO2/c26-25(27)16-13-14-23-21-11-4-3-9-19(21)17-7-1-2-8-18(17)20-10-5-6-12-22(20)24(23)15-16/h1-15,26-27H. The fraction of sp³-hybridized carbons (Fsp3) is 0. The zero-order valence-electron chi connectivity index (χ0n) is 14.6. The van der Waals surface area contributed by atoms with Crippen LogP contribution in [0.5, 0.6) is 0 Å². The maximum absolute atomic E-state index is 9.71. The van der Waals surface area contributed by atoms with Crippen molar-refractivity contribution in [2.45, 2.75) is 0 Å². The van der Waals surface area contributed by atoms with Crippen molar-refractivity contribution in [1.82, 2.24) is 0 Å². The fourth-order valence-corrected chi connectivity index (χ4v) is 4.04. The van der Waals surface area contributed by atoms with E-state index >= 15 is 0 Å². The number of benzene rings is 4. The summed E-state index contributed by atoms with van der Waals surface area (Å²) in [6.45, 7) is 0. The SMILES string of the molecule is OB(O)c1ccc2c(c1)-c1ccccc1-c1ccccc1-c1ccccc1-2. The summed E-state index contributed by atoms with van der Waals surface area (Å²) in [6.07, 6.45) is 0. The Kier molecular flexibility index (Phi) is 3.71. The molecule has 0 aromatic heterocycles. The predicted octanol–water partition coefficient (Wildman–Crippen LogP) is 4.35. The highest BCUT2D eigenvalue weighted by Crippen LogP contribution is 2.46. The first-order valence-corrected chi connectivity index (χ1v) is 9.03. The monoisotopic (exact) mass is 348 g/mol. The van der Waals surface area contributed by atoms with Gasteiger partial charge in [0, 0.05) is 0 Å². The molecule has 0 aliphatic heterocycles. The van der Waals surface area contributed by atoms with Crippen molar-refractivity contribution in [3.05, 3.63) is 91.0 Å². The summed E-state index contributed by atoms with van der Waals surface area (Å²) in [5.74, 6) is 0. The molecule has 0 unspecified atom stereocenters. The molecule has 2 N–H and O–H groups in total. The Morgan fingerprint density at radius 3 is 1.11 bits per heavy atom. The van der Waals surface area contributed by atoms with Crippen LogP contribution in [0.1, 0.15) is 0 Å². The van der Waals surface area contributed by atoms with Crippen molar-refractivity contribution in [3.8, 4) is 44.5 Å². The number of rotatable bonds is 1. The van der Waals surface area contributed by atoms with Crippen LogP contribution in [-0.2, 0) is 0 Å². The van der Waals surface area contributed by atoms with Crippen LogP contribution in [0.15, 0.2) is 91.0 Å². The lowest BCUT2D eigenvalue weighted by atomic mass is 9.75. The zero-order chi connectivity index (χ0) is 18.4. The molecule has 0 amide bonds. The summed E-state index contributed by atoms with van der Waals surface area (Å²) >= 11 is 0. The molecular weight excluding hydrogens is 331 g/mol. The van der Waals surface area contributed by atoms with Crippen LogP contribution in [0.2, 0.25) is 0 Å². The molecule has 0 atom stereocenters. The van der Waals surface area contributed by atoms with Crippen LogP contribution in [-0.4, -0.2) is 17.2 Å². The Labute approximate surface area is 158 Å². The van der Waals surface area contributed by atoms with Crippen molar-refractivity contribution < 1.29 is 10.0 Å². The van der Waals surface area contributed by atoms with E-state index < -0.39 is 7.12 Å². The predicted molar refractivity (Wildman–Crippen MR) is 112 cm³/mol. The quantitative estimate of drug-likeness (QED) is 0.442. The van der Waals surface area contributed by atoms with E-state index in [2.05, 4.69) is 54.6 Å². The Morgan fingerprint density at radius 1 is 0.407 bits per heavy atom. The summed E-state index contributed by atoms with van der Waals surface area (Å²) in [5, 5.41) is 19.4. The molecule has 3 heteroatoms. The lowest BCUT2D eigenvalue weighted by Gasteiger charge is -2.23. The minimum atomic E-state index is -1.49. The van der Waals surface area contributed by atoms with Gasteiger partial charge < -0.3 is 10.0 Å². The molecule has 0 saturated heterocycles. The normalized spacial score (nSPS) is 11.3. The van der Waals surface area contributed by atoms with Gasteiger partial charge in [0.15, 0.2) is 0 Å². The third kappa shape index (κ3) is 2.52. The summed E-state index contributed by atoms with van der Waals surface area (Å²) in [7, 11) is -1.49. The van der Waals surface area contributed by atoms with Crippen molar-refractivity contribution in [2.75, 3.05) is 0 Å². The van der Waals surface area contributed by atoms with E-state index in [9.17, 15) is 10.0 Å². The van der Waals surface area contributed by atoms with E-state index in [0.29, 0.717) is 5.46 Å². The van der Waals surface area contributed by atoms with E-state index in [0.717, 1.165) is 27.8 Å². The van der Waals surface area contributed by atoms with Crippen LogP contribution >= 0.6 is 0 Å². The van der Waals surface area contributed by atoms with Crippen molar-refractivity contribution in [2.24, 2.45) is 0 Å². The second-order valence-electron chi connectivity index (χ2n) is 6.82. The Hall–Kier alpha value is -3.14. The highest BCUT2D eigenvalue weighted by Gasteiger charge is 2.22. The van der Waals surface area contributed by atoms with Gasteiger partial charge in [-0.15, -0.1) is 0 Å². The first kappa shape index (κ1) is 16.1. The third-order valence-corrected chi connectivity index (χ3v) is 5.28. The lowest BCUT2D eigenvalue weighted by Crippen LogP contribution is -2.29. The van der Waals surface area contributed by atoms with E-state index in [-0.39, 0.29) is 0 Å². The zero-order valence-corrected chi connectivity index (χ0v) is 14.6. The molecule has 0 fully saturated rings. The molecular formula is C24H17BO2. The molecule has 2 nitrogen and oxygen atoms in total. The van der Waals surface area contributed by atoms with Gasteiger partial charge in [0.2, 0.25) is 0 Å². The maximum Gasteiger partial charge on any atom is 0.488 e. The summed E-state index contributed by atoms with van der Waals surface area (Å²) in [4.78, 5) is 0. The van der Waals surface area contributed by atoms with Gasteiger partial charge in [0.25, 0.3) is 0 Å². The lowest BCUT2D eigenvalue weighted by molar-refractivity contribution is 0.426. The van der Waals surface area contributed by atoms with E-state index in [1.807, 2.05) is 30.3 Å². The summed E-state index contributed by atoms with van der Waals surface area (Å²) < 4.78 is 0. The third-order valence-electron chi connectivity index (χ3n) is 5.28. The van der Waals surface area contributed by atoms with Gasteiger partial charge in [-0.1, -0.05) is 91.0 Å². The second-order valence-corrected chi connectivity index (χ2v) is 6.82. The Morgan fingerprint density at radius 2 is 0.741 bits per heavy atom. The molecule has 5 rings (SSSR count). The van der Waals surface area contributed by atoms with Crippen LogP contribution < -0.4 is 5.46 Å². The van der Waals surface area contributed by atoms with Gasteiger partial charge in [-0.25, -0.2) is 0 Å². The van der Waals surface area contributed by atoms with Crippen molar-refractivity contribution in [3.63, 3.8) is 0 Å². The van der Waals surface area contributed by atoms with Crippen molar-refractivity contribution in [1.29, 1.82) is 0 Å². The average molecular weight is 348 g/mol. The fourth-order valence-electron chi connectivity index (χ4n) is 4.04.